The molecule has 0 saturated carbocycles. The lowest BCUT2D eigenvalue weighted by atomic mass is 10.2. The minimum atomic E-state index is 0.921. The van der Waals surface area contributed by atoms with Crippen LogP contribution in [0.5, 0.6) is 0 Å². The van der Waals surface area contributed by atoms with E-state index in [2.05, 4.69) is 29.5 Å². The van der Waals surface area contributed by atoms with Gasteiger partial charge in [-0.2, -0.15) is 0 Å². The summed E-state index contributed by atoms with van der Waals surface area (Å²) in [6.07, 6.45) is 7.28. The van der Waals surface area contributed by atoms with E-state index in [1.807, 2.05) is 35.8 Å². The van der Waals surface area contributed by atoms with Gasteiger partial charge in [-0.25, -0.2) is 4.98 Å². The Morgan fingerprint density at radius 1 is 1.50 bits per heavy atom. The van der Waals surface area contributed by atoms with Crippen molar-refractivity contribution >= 4 is 11.7 Å². The van der Waals surface area contributed by atoms with Crippen LogP contribution in [0.1, 0.15) is 19.0 Å². The summed E-state index contributed by atoms with van der Waals surface area (Å²) in [5, 5.41) is 3.17. The molecule has 2 heterocycles. The first kappa shape index (κ1) is 10.9. The van der Waals surface area contributed by atoms with E-state index < -0.39 is 0 Å². The molecule has 16 heavy (non-hydrogen) atoms. The van der Waals surface area contributed by atoms with Crippen molar-refractivity contribution in [1.82, 2.24) is 14.7 Å². The quantitative estimate of drug-likeness (QED) is 0.848. The number of fused-ring (bicyclic) bond motifs is 1. The standard InChI is InChI=1S/C13H17N3/c1-3-11(9-14-2)8-12-10-16-7-5-4-6-13(16)15-12/h4-8,10,14H,3,9H2,1-2H3. The van der Waals surface area contributed by atoms with Crippen LogP contribution < -0.4 is 5.32 Å². The molecule has 2 aromatic heterocycles. The second-order valence-electron chi connectivity index (χ2n) is 3.82. The molecule has 0 unspecified atom stereocenters. The van der Waals surface area contributed by atoms with Crippen LogP contribution in [0.25, 0.3) is 11.7 Å². The normalized spacial score (nSPS) is 12.2. The van der Waals surface area contributed by atoms with Gasteiger partial charge in [0.15, 0.2) is 0 Å². The maximum atomic E-state index is 4.54. The van der Waals surface area contributed by atoms with E-state index in [4.69, 9.17) is 0 Å². The Morgan fingerprint density at radius 2 is 2.38 bits per heavy atom. The third kappa shape index (κ3) is 2.31. The van der Waals surface area contributed by atoms with Crippen molar-refractivity contribution in [2.75, 3.05) is 13.6 Å². The monoisotopic (exact) mass is 215 g/mol. The van der Waals surface area contributed by atoms with Crippen LogP contribution in [-0.2, 0) is 0 Å². The molecule has 0 aliphatic rings. The van der Waals surface area contributed by atoms with Crippen LogP contribution in [-0.4, -0.2) is 23.0 Å². The van der Waals surface area contributed by atoms with Crippen molar-refractivity contribution < 1.29 is 0 Å². The summed E-state index contributed by atoms with van der Waals surface area (Å²) in [6.45, 7) is 3.09. The Labute approximate surface area is 95.8 Å². The van der Waals surface area contributed by atoms with Crippen molar-refractivity contribution in [2.24, 2.45) is 0 Å². The van der Waals surface area contributed by atoms with E-state index in [9.17, 15) is 0 Å². The average molecular weight is 215 g/mol. The molecule has 0 spiro atoms. The van der Waals surface area contributed by atoms with Gasteiger partial charge in [-0.3, -0.25) is 0 Å². The van der Waals surface area contributed by atoms with Crippen LogP contribution >= 0.6 is 0 Å². The molecule has 0 atom stereocenters. The summed E-state index contributed by atoms with van der Waals surface area (Å²) in [7, 11) is 1.97. The maximum Gasteiger partial charge on any atom is 0.137 e. The number of rotatable bonds is 4. The van der Waals surface area contributed by atoms with Crippen LogP contribution in [0, 0.1) is 0 Å². The van der Waals surface area contributed by atoms with Gasteiger partial charge in [0.1, 0.15) is 5.65 Å². The molecular formula is C13H17N3. The number of pyridine rings is 1. The lowest BCUT2D eigenvalue weighted by Crippen LogP contribution is -2.09. The first-order valence-corrected chi connectivity index (χ1v) is 5.61. The van der Waals surface area contributed by atoms with E-state index in [-0.39, 0.29) is 0 Å². The molecule has 84 valence electrons. The fourth-order valence-electron chi connectivity index (χ4n) is 1.74. The Hall–Kier alpha value is -1.61. The fourth-order valence-corrected chi connectivity index (χ4v) is 1.74. The minimum absolute atomic E-state index is 0.921. The van der Waals surface area contributed by atoms with Crippen molar-refractivity contribution in [3.63, 3.8) is 0 Å². The van der Waals surface area contributed by atoms with Crippen molar-refractivity contribution in [2.45, 2.75) is 13.3 Å². The molecule has 0 aliphatic carbocycles. The number of imidazole rings is 1. The summed E-state index contributed by atoms with van der Waals surface area (Å²) < 4.78 is 2.04. The summed E-state index contributed by atoms with van der Waals surface area (Å²) in [5.41, 5.74) is 3.39. The third-order valence-electron chi connectivity index (χ3n) is 2.59. The maximum absolute atomic E-state index is 4.54. The van der Waals surface area contributed by atoms with Gasteiger partial charge in [-0.1, -0.05) is 18.6 Å². The number of likely N-dealkylation sites (N-methyl/N-ethyl adjacent to an activating group) is 1. The Balaban J connectivity index is 2.32. The van der Waals surface area contributed by atoms with Gasteiger partial charge in [0.2, 0.25) is 0 Å². The molecule has 0 amide bonds. The smallest absolute Gasteiger partial charge is 0.137 e. The van der Waals surface area contributed by atoms with Gasteiger partial charge >= 0.3 is 0 Å². The highest BCUT2D eigenvalue weighted by atomic mass is 15.0. The molecule has 0 aromatic carbocycles. The van der Waals surface area contributed by atoms with Crippen molar-refractivity contribution in [1.29, 1.82) is 0 Å². The molecule has 1 N–H and O–H groups in total. The summed E-state index contributed by atoms with van der Waals surface area (Å²) in [5.74, 6) is 0. The first-order chi connectivity index (χ1) is 7.83. The number of nitrogens with one attached hydrogen (secondary N) is 1. The lowest BCUT2D eigenvalue weighted by molar-refractivity contribution is 0.850. The number of hydrogen-bond acceptors (Lipinski definition) is 2. The highest BCUT2D eigenvalue weighted by Crippen LogP contribution is 2.10. The van der Waals surface area contributed by atoms with Gasteiger partial charge in [-0.05, 0) is 31.7 Å². The minimum Gasteiger partial charge on any atom is -0.316 e. The molecule has 2 aromatic rings. The van der Waals surface area contributed by atoms with E-state index in [0.717, 1.165) is 24.3 Å². The summed E-state index contributed by atoms with van der Waals surface area (Å²) in [6, 6.07) is 6.03. The van der Waals surface area contributed by atoms with Crippen molar-refractivity contribution in [3.8, 4) is 0 Å². The molecule has 0 saturated heterocycles. The SMILES string of the molecule is CCC(=Cc1cn2ccccc2n1)CNC. The van der Waals surface area contributed by atoms with Gasteiger partial charge in [0, 0.05) is 18.9 Å². The van der Waals surface area contributed by atoms with Gasteiger partial charge in [0.25, 0.3) is 0 Å². The van der Waals surface area contributed by atoms with E-state index >= 15 is 0 Å². The average Bonchev–Trinajstić information content (AvgIpc) is 2.70. The predicted molar refractivity (Wildman–Crippen MR) is 67.4 cm³/mol. The summed E-state index contributed by atoms with van der Waals surface area (Å²) >= 11 is 0. The zero-order valence-corrected chi connectivity index (χ0v) is 9.77. The van der Waals surface area contributed by atoms with E-state index in [1.165, 1.54) is 5.57 Å². The highest BCUT2D eigenvalue weighted by Gasteiger charge is 1.99. The molecular weight excluding hydrogens is 198 g/mol. The van der Waals surface area contributed by atoms with E-state index in [1.54, 1.807) is 0 Å². The molecule has 0 radical (unpaired) electrons. The number of hydrogen-bond donors (Lipinski definition) is 1. The zero-order chi connectivity index (χ0) is 11.4. The fraction of sp³-hybridized carbons (Fsp3) is 0.308. The first-order valence-electron chi connectivity index (χ1n) is 5.61. The Kier molecular flexibility index (Phi) is 3.37. The predicted octanol–water partition coefficient (Wildman–Crippen LogP) is 2.35. The van der Waals surface area contributed by atoms with Gasteiger partial charge in [-0.15, -0.1) is 0 Å². The van der Waals surface area contributed by atoms with Crippen molar-refractivity contribution in [3.05, 3.63) is 41.9 Å². The molecule has 0 fully saturated rings. The number of nitrogens with zero attached hydrogens (tertiary/aromatic N) is 2. The summed E-state index contributed by atoms with van der Waals surface area (Å²) in [4.78, 5) is 4.54. The van der Waals surface area contributed by atoms with Crippen LogP contribution in [0.4, 0.5) is 0 Å². The highest BCUT2D eigenvalue weighted by molar-refractivity contribution is 5.54. The van der Waals surface area contributed by atoms with Crippen LogP contribution in [0.2, 0.25) is 0 Å². The molecule has 0 bridgehead atoms. The lowest BCUT2D eigenvalue weighted by Gasteiger charge is -2.01. The third-order valence-corrected chi connectivity index (χ3v) is 2.59. The Bertz CT molecular complexity index is 464. The van der Waals surface area contributed by atoms with E-state index in [0.29, 0.717) is 0 Å². The van der Waals surface area contributed by atoms with Gasteiger partial charge in [0.05, 0.1) is 5.69 Å². The topological polar surface area (TPSA) is 29.3 Å². The Morgan fingerprint density at radius 3 is 3.06 bits per heavy atom. The zero-order valence-electron chi connectivity index (χ0n) is 9.77. The molecule has 2 rings (SSSR count). The van der Waals surface area contributed by atoms with Crippen LogP contribution in [0.3, 0.4) is 0 Å². The van der Waals surface area contributed by atoms with Gasteiger partial charge < -0.3 is 9.72 Å². The second-order valence-corrected chi connectivity index (χ2v) is 3.82. The van der Waals surface area contributed by atoms with Crippen LogP contribution in [0.15, 0.2) is 36.2 Å². The largest absolute Gasteiger partial charge is 0.316 e. The number of aromatic nitrogens is 2. The molecule has 3 heteroatoms. The second kappa shape index (κ2) is 4.94. The molecule has 3 nitrogen and oxygen atoms in total. The molecule has 0 aliphatic heterocycles.